The molecule has 1 rings (SSSR count). The summed E-state index contributed by atoms with van der Waals surface area (Å²) in [6.45, 7) is 10.3. The first-order chi connectivity index (χ1) is 11.3. The van der Waals surface area contributed by atoms with E-state index < -0.39 is 11.9 Å². The van der Waals surface area contributed by atoms with E-state index in [4.69, 9.17) is 10.2 Å². The summed E-state index contributed by atoms with van der Waals surface area (Å²) in [5.74, 6) is -1.60. The summed E-state index contributed by atoms with van der Waals surface area (Å²) >= 11 is 0. The minimum atomic E-state index is -0.798. The van der Waals surface area contributed by atoms with Crippen LogP contribution < -0.4 is 0 Å². The molecule has 140 valence electrons. The third kappa shape index (κ3) is 8.58. The molecular formula is C16H32N4O4. The first-order valence-electron chi connectivity index (χ1n) is 8.58. The zero-order chi connectivity index (χ0) is 18.1. The fraction of sp³-hybridized carbons (Fsp3) is 0.875. The second-order valence-electron chi connectivity index (χ2n) is 6.77. The number of hydrogen-bond donors (Lipinski definition) is 2. The lowest BCUT2D eigenvalue weighted by Crippen LogP contribution is -2.48. The van der Waals surface area contributed by atoms with Crippen LogP contribution in [0.25, 0.3) is 0 Å². The summed E-state index contributed by atoms with van der Waals surface area (Å²) in [4.78, 5) is 30.5. The Morgan fingerprint density at radius 3 is 1.50 bits per heavy atom. The maximum Gasteiger partial charge on any atom is 0.317 e. The van der Waals surface area contributed by atoms with Crippen molar-refractivity contribution in [2.24, 2.45) is 0 Å². The predicted molar refractivity (Wildman–Crippen MR) is 92.4 cm³/mol. The average Bonchev–Trinajstić information content (AvgIpc) is 2.46. The van der Waals surface area contributed by atoms with Gasteiger partial charge in [-0.25, -0.2) is 0 Å². The summed E-state index contributed by atoms with van der Waals surface area (Å²) in [5.41, 5.74) is 0. The number of carboxylic acids is 2. The number of rotatable bonds is 5. The van der Waals surface area contributed by atoms with Crippen LogP contribution in [0.4, 0.5) is 0 Å². The van der Waals surface area contributed by atoms with Gasteiger partial charge in [0.15, 0.2) is 0 Å². The summed E-state index contributed by atoms with van der Waals surface area (Å²) in [6.07, 6.45) is 0. The van der Waals surface area contributed by atoms with Gasteiger partial charge in [0.25, 0.3) is 0 Å². The molecule has 1 saturated heterocycles. The molecule has 1 fully saturated rings. The monoisotopic (exact) mass is 344 g/mol. The smallest absolute Gasteiger partial charge is 0.317 e. The van der Waals surface area contributed by atoms with Crippen LogP contribution in [0.1, 0.15) is 13.8 Å². The van der Waals surface area contributed by atoms with E-state index in [2.05, 4.69) is 23.6 Å². The molecule has 8 nitrogen and oxygen atoms in total. The van der Waals surface area contributed by atoms with Crippen molar-refractivity contribution in [3.63, 3.8) is 0 Å². The zero-order valence-corrected chi connectivity index (χ0v) is 15.1. The SMILES string of the molecule is CC(C)N1CCN(CC(=O)O)CCN(C)CCN(CC(=O)O)CC1. The zero-order valence-electron chi connectivity index (χ0n) is 15.1. The van der Waals surface area contributed by atoms with Crippen LogP contribution in [0.15, 0.2) is 0 Å². The van der Waals surface area contributed by atoms with Crippen LogP contribution in [-0.4, -0.2) is 120 Å². The molecule has 0 atom stereocenters. The Kier molecular flexibility index (Phi) is 9.20. The molecule has 8 heteroatoms. The molecule has 1 aliphatic rings. The Hall–Kier alpha value is -1.22. The fourth-order valence-electron chi connectivity index (χ4n) is 2.83. The van der Waals surface area contributed by atoms with E-state index in [0.717, 1.165) is 26.2 Å². The Labute approximate surface area is 144 Å². The molecule has 0 unspecified atom stereocenters. The topological polar surface area (TPSA) is 87.6 Å². The molecule has 0 aromatic rings. The van der Waals surface area contributed by atoms with Crippen molar-refractivity contribution in [1.29, 1.82) is 0 Å². The highest BCUT2D eigenvalue weighted by molar-refractivity contribution is 5.69. The molecule has 1 aliphatic heterocycles. The summed E-state index contributed by atoms with van der Waals surface area (Å²) in [7, 11) is 1.99. The lowest BCUT2D eigenvalue weighted by atomic mass is 10.2. The Morgan fingerprint density at radius 2 is 1.17 bits per heavy atom. The third-order valence-electron chi connectivity index (χ3n) is 4.45. The Balaban J connectivity index is 2.74. The second kappa shape index (κ2) is 10.6. The molecule has 0 bridgehead atoms. The first kappa shape index (κ1) is 20.8. The largest absolute Gasteiger partial charge is 0.480 e. The summed E-state index contributed by atoms with van der Waals surface area (Å²) in [5, 5.41) is 18.2. The van der Waals surface area contributed by atoms with Crippen molar-refractivity contribution < 1.29 is 19.8 Å². The lowest BCUT2D eigenvalue weighted by molar-refractivity contribution is -0.139. The van der Waals surface area contributed by atoms with E-state index in [1.807, 2.05) is 16.8 Å². The van der Waals surface area contributed by atoms with Crippen molar-refractivity contribution in [2.45, 2.75) is 19.9 Å². The van der Waals surface area contributed by atoms with Crippen molar-refractivity contribution in [3.05, 3.63) is 0 Å². The maximum atomic E-state index is 11.1. The van der Waals surface area contributed by atoms with Gasteiger partial charge in [0, 0.05) is 58.4 Å². The minimum absolute atomic E-state index is 0.0604. The molecule has 0 aromatic carbocycles. The summed E-state index contributed by atoms with van der Waals surface area (Å²) in [6, 6.07) is 0.342. The van der Waals surface area contributed by atoms with Crippen LogP contribution in [-0.2, 0) is 9.59 Å². The van der Waals surface area contributed by atoms with Crippen LogP contribution in [0.2, 0.25) is 0 Å². The fourth-order valence-corrected chi connectivity index (χ4v) is 2.83. The van der Waals surface area contributed by atoms with Gasteiger partial charge < -0.3 is 15.1 Å². The van der Waals surface area contributed by atoms with E-state index in [0.29, 0.717) is 32.2 Å². The molecule has 0 saturated carbocycles. The lowest BCUT2D eigenvalue weighted by Gasteiger charge is -2.34. The highest BCUT2D eigenvalue weighted by Gasteiger charge is 2.18. The number of carbonyl (C=O) groups is 2. The summed E-state index contributed by atoms with van der Waals surface area (Å²) < 4.78 is 0. The Morgan fingerprint density at radius 1 is 0.792 bits per heavy atom. The molecule has 2 N–H and O–H groups in total. The van der Waals surface area contributed by atoms with Gasteiger partial charge in [0.2, 0.25) is 0 Å². The van der Waals surface area contributed by atoms with E-state index in [1.54, 1.807) is 0 Å². The number of hydrogen-bond acceptors (Lipinski definition) is 6. The van der Waals surface area contributed by atoms with Crippen molar-refractivity contribution in [2.75, 3.05) is 72.5 Å². The van der Waals surface area contributed by atoms with Crippen LogP contribution in [0.5, 0.6) is 0 Å². The van der Waals surface area contributed by atoms with Gasteiger partial charge in [-0.3, -0.25) is 24.3 Å². The molecule has 0 spiro atoms. The third-order valence-corrected chi connectivity index (χ3v) is 4.45. The van der Waals surface area contributed by atoms with Crippen molar-refractivity contribution in [3.8, 4) is 0 Å². The van der Waals surface area contributed by atoms with Gasteiger partial charge in [-0.15, -0.1) is 0 Å². The molecular weight excluding hydrogens is 312 g/mol. The highest BCUT2D eigenvalue weighted by atomic mass is 16.4. The van der Waals surface area contributed by atoms with Gasteiger partial charge in [-0.2, -0.15) is 0 Å². The van der Waals surface area contributed by atoms with E-state index in [1.165, 1.54) is 0 Å². The number of carboxylic acid groups (broad SMARTS) is 2. The van der Waals surface area contributed by atoms with Crippen molar-refractivity contribution in [1.82, 2.24) is 19.6 Å². The predicted octanol–water partition coefficient (Wildman–Crippen LogP) is -0.585. The number of likely N-dealkylation sites (N-methyl/N-ethyl adjacent to an activating group) is 1. The molecule has 0 aliphatic carbocycles. The molecule has 0 aromatic heterocycles. The molecule has 24 heavy (non-hydrogen) atoms. The number of aliphatic carboxylic acids is 2. The van der Waals surface area contributed by atoms with Gasteiger partial charge in [-0.05, 0) is 20.9 Å². The maximum absolute atomic E-state index is 11.1. The molecule has 0 radical (unpaired) electrons. The van der Waals surface area contributed by atoms with Crippen LogP contribution in [0.3, 0.4) is 0 Å². The van der Waals surface area contributed by atoms with Crippen LogP contribution in [0, 0.1) is 0 Å². The van der Waals surface area contributed by atoms with Gasteiger partial charge >= 0.3 is 11.9 Å². The first-order valence-corrected chi connectivity index (χ1v) is 8.58. The minimum Gasteiger partial charge on any atom is -0.480 e. The van der Waals surface area contributed by atoms with E-state index in [-0.39, 0.29) is 13.1 Å². The molecule has 0 amide bonds. The number of nitrogens with zero attached hydrogens (tertiary/aromatic N) is 4. The van der Waals surface area contributed by atoms with Gasteiger partial charge in [-0.1, -0.05) is 0 Å². The normalized spacial score (nSPS) is 21.3. The highest BCUT2D eigenvalue weighted by Crippen LogP contribution is 2.03. The average molecular weight is 344 g/mol. The van der Waals surface area contributed by atoms with Gasteiger partial charge in [0.05, 0.1) is 13.1 Å². The van der Waals surface area contributed by atoms with Crippen LogP contribution >= 0.6 is 0 Å². The standard InChI is InChI=1S/C16H32N4O4/c1-14(2)20-10-8-18(12-15(21)22)6-4-17(3)5-7-19(9-11-20)13-16(23)24/h14H,4-13H2,1-3H3,(H,21,22)(H,23,24). The van der Waals surface area contributed by atoms with E-state index >= 15 is 0 Å². The Bertz CT molecular complexity index is 374. The quantitative estimate of drug-likeness (QED) is 0.685. The van der Waals surface area contributed by atoms with Crippen molar-refractivity contribution >= 4 is 11.9 Å². The molecule has 1 heterocycles. The van der Waals surface area contributed by atoms with E-state index in [9.17, 15) is 9.59 Å². The second-order valence-corrected chi connectivity index (χ2v) is 6.77. The van der Waals surface area contributed by atoms with Gasteiger partial charge in [0.1, 0.15) is 0 Å².